The Morgan fingerprint density at radius 3 is 2.65 bits per heavy atom. The van der Waals surface area contributed by atoms with E-state index in [1.165, 1.54) is 0 Å². The van der Waals surface area contributed by atoms with Crippen molar-refractivity contribution in [3.63, 3.8) is 0 Å². The Morgan fingerprint density at radius 1 is 1.31 bits per heavy atom. The molecule has 4 rings (SSSR count). The lowest BCUT2D eigenvalue weighted by molar-refractivity contribution is -0.00549. The largest absolute Gasteiger partial charge is 0.392 e. The Morgan fingerprint density at radius 2 is 2.04 bits per heavy atom. The van der Waals surface area contributed by atoms with Crippen LogP contribution in [0.5, 0.6) is 0 Å². The van der Waals surface area contributed by atoms with E-state index in [1.807, 2.05) is 25.8 Å². The summed E-state index contributed by atoms with van der Waals surface area (Å²) in [5, 5.41) is 14.4. The number of ether oxygens (including phenoxy) is 1. The Balaban J connectivity index is 1.88. The smallest absolute Gasteiger partial charge is 0.205 e. The molecule has 0 amide bonds. The van der Waals surface area contributed by atoms with Crippen molar-refractivity contribution in [3.05, 3.63) is 29.8 Å². The molecule has 138 valence electrons. The van der Waals surface area contributed by atoms with Gasteiger partial charge in [0.2, 0.25) is 5.58 Å². The number of imidazole rings is 1. The van der Waals surface area contributed by atoms with Crippen molar-refractivity contribution in [2.24, 2.45) is 7.05 Å². The van der Waals surface area contributed by atoms with Crippen molar-refractivity contribution in [1.82, 2.24) is 14.7 Å². The predicted octanol–water partition coefficient (Wildman–Crippen LogP) is 2.47. The topological polar surface area (TPSA) is 76.5 Å². The summed E-state index contributed by atoms with van der Waals surface area (Å²) in [7, 11) is 1.83. The zero-order valence-corrected chi connectivity index (χ0v) is 14.9. The summed E-state index contributed by atoms with van der Waals surface area (Å²) in [5.74, 6) is 0.0641. The van der Waals surface area contributed by atoms with Crippen LogP contribution in [-0.4, -0.2) is 45.1 Å². The maximum atomic E-state index is 15.4. The van der Waals surface area contributed by atoms with Gasteiger partial charge >= 0.3 is 0 Å². The van der Waals surface area contributed by atoms with Crippen LogP contribution in [0.4, 0.5) is 10.1 Å². The van der Waals surface area contributed by atoms with Crippen LogP contribution in [0.25, 0.3) is 22.5 Å². The summed E-state index contributed by atoms with van der Waals surface area (Å²) in [4.78, 5) is 6.16. The summed E-state index contributed by atoms with van der Waals surface area (Å²) < 4.78 is 28.2. The molecule has 1 aromatic carbocycles. The molecule has 0 radical (unpaired) electrons. The summed E-state index contributed by atoms with van der Waals surface area (Å²) in [5.41, 5.74) is 1.37. The number of aliphatic hydroxyl groups is 1. The third-order valence-electron chi connectivity index (χ3n) is 4.70. The van der Waals surface area contributed by atoms with Gasteiger partial charge in [0.1, 0.15) is 0 Å². The number of benzene rings is 1. The number of halogens is 1. The van der Waals surface area contributed by atoms with Gasteiger partial charge in [-0.2, -0.15) is 0 Å². The second kappa shape index (κ2) is 6.37. The summed E-state index contributed by atoms with van der Waals surface area (Å²) in [6.45, 7) is 4.70. The van der Waals surface area contributed by atoms with E-state index in [0.29, 0.717) is 41.2 Å². The number of nitrogens with zero attached hydrogens (tertiary/aromatic N) is 4. The van der Waals surface area contributed by atoms with Gasteiger partial charge in [-0.1, -0.05) is 5.16 Å². The standard InChI is InChI=1S/C18H21FN4O3/c1-10-7-23(8-11(2)25-10)16-12(9-24)6-13-15(18-20-4-5-22(18)3)21-26-17(13)14(16)19/h4-6,10-11,24H,7-9H2,1-3H3/t10-,11+. The molecular formula is C18H21FN4O3. The molecule has 0 spiro atoms. The molecule has 2 atom stereocenters. The number of aromatic nitrogens is 3. The highest BCUT2D eigenvalue weighted by Gasteiger charge is 2.29. The number of anilines is 1. The predicted molar refractivity (Wildman–Crippen MR) is 94.3 cm³/mol. The highest BCUT2D eigenvalue weighted by molar-refractivity contribution is 5.93. The minimum absolute atomic E-state index is 0.0294. The molecule has 1 fully saturated rings. The average molecular weight is 360 g/mol. The molecule has 1 aliphatic rings. The van der Waals surface area contributed by atoms with Gasteiger partial charge in [0.25, 0.3) is 0 Å². The van der Waals surface area contributed by atoms with E-state index in [4.69, 9.17) is 9.26 Å². The van der Waals surface area contributed by atoms with E-state index < -0.39 is 5.82 Å². The lowest BCUT2D eigenvalue weighted by atomic mass is 10.1. The van der Waals surface area contributed by atoms with E-state index in [-0.39, 0.29) is 24.4 Å². The molecule has 7 nitrogen and oxygen atoms in total. The molecule has 8 heteroatoms. The van der Waals surface area contributed by atoms with E-state index in [9.17, 15) is 5.11 Å². The van der Waals surface area contributed by atoms with Crippen LogP contribution in [0.3, 0.4) is 0 Å². The lowest BCUT2D eigenvalue weighted by Crippen LogP contribution is -2.46. The number of aliphatic hydroxyl groups excluding tert-OH is 1. The van der Waals surface area contributed by atoms with Gasteiger partial charge in [0, 0.05) is 38.1 Å². The third kappa shape index (κ3) is 2.65. The highest BCUT2D eigenvalue weighted by Crippen LogP contribution is 2.37. The van der Waals surface area contributed by atoms with Gasteiger partial charge in [0.05, 0.1) is 29.9 Å². The van der Waals surface area contributed by atoms with Crippen LogP contribution in [-0.2, 0) is 18.4 Å². The van der Waals surface area contributed by atoms with Gasteiger partial charge in [-0.25, -0.2) is 9.37 Å². The average Bonchev–Trinajstić information content (AvgIpc) is 3.19. The first-order chi connectivity index (χ1) is 12.5. The van der Waals surface area contributed by atoms with Crippen molar-refractivity contribution in [3.8, 4) is 11.5 Å². The number of hydrogen-bond acceptors (Lipinski definition) is 6. The normalized spacial score (nSPS) is 20.9. The lowest BCUT2D eigenvalue weighted by Gasteiger charge is -2.37. The number of hydrogen-bond donors (Lipinski definition) is 1. The van der Waals surface area contributed by atoms with Crippen LogP contribution in [0.2, 0.25) is 0 Å². The molecule has 0 aliphatic carbocycles. The number of morpholine rings is 1. The second-order valence-electron chi connectivity index (χ2n) is 6.79. The Hall–Kier alpha value is -2.45. The quantitative estimate of drug-likeness (QED) is 0.773. The van der Waals surface area contributed by atoms with E-state index in [1.54, 1.807) is 23.0 Å². The van der Waals surface area contributed by atoms with Crippen molar-refractivity contribution >= 4 is 16.7 Å². The fourth-order valence-electron chi connectivity index (χ4n) is 3.66. The minimum atomic E-state index is -0.513. The first-order valence-electron chi connectivity index (χ1n) is 8.59. The van der Waals surface area contributed by atoms with Gasteiger partial charge in [-0.3, -0.25) is 0 Å². The van der Waals surface area contributed by atoms with Crippen molar-refractivity contribution < 1.29 is 18.8 Å². The van der Waals surface area contributed by atoms with Crippen LogP contribution in [0.1, 0.15) is 19.4 Å². The number of aryl methyl sites for hydroxylation is 1. The summed E-state index contributed by atoms with van der Waals surface area (Å²) in [6, 6.07) is 1.74. The van der Waals surface area contributed by atoms with Crippen LogP contribution < -0.4 is 4.90 Å². The van der Waals surface area contributed by atoms with E-state index in [0.717, 1.165) is 0 Å². The van der Waals surface area contributed by atoms with Crippen molar-refractivity contribution in [2.45, 2.75) is 32.7 Å². The van der Waals surface area contributed by atoms with E-state index in [2.05, 4.69) is 10.1 Å². The van der Waals surface area contributed by atoms with Gasteiger partial charge in [-0.05, 0) is 19.9 Å². The van der Waals surface area contributed by atoms with Gasteiger partial charge < -0.3 is 23.8 Å². The molecule has 0 saturated carbocycles. The molecule has 0 unspecified atom stereocenters. The van der Waals surface area contributed by atoms with Crippen molar-refractivity contribution in [2.75, 3.05) is 18.0 Å². The Bertz CT molecular complexity index is 941. The zero-order chi connectivity index (χ0) is 18.4. The monoisotopic (exact) mass is 360 g/mol. The zero-order valence-electron chi connectivity index (χ0n) is 14.9. The maximum Gasteiger partial charge on any atom is 0.205 e. The van der Waals surface area contributed by atoms with Crippen LogP contribution >= 0.6 is 0 Å². The molecule has 1 N–H and O–H groups in total. The first kappa shape index (κ1) is 17.0. The number of rotatable bonds is 3. The Kier molecular flexibility index (Phi) is 4.16. The van der Waals surface area contributed by atoms with Crippen LogP contribution in [0, 0.1) is 5.82 Å². The highest BCUT2D eigenvalue weighted by atomic mass is 19.1. The third-order valence-corrected chi connectivity index (χ3v) is 4.70. The van der Waals surface area contributed by atoms with Crippen LogP contribution in [0.15, 0.2) is 23.0 Å². The number of fused-ring (bicyclic) bond motifs is 1. The molecule has 1 saturated heterocycles. The second-order valence-corrected chi connectivity index (χ2v) is 6.79. The first-order valence-corrected chi connectivity index (χ1v) is 8.59. The Labute approximate surface area is 150 Å². The molecule has 2 aromatic heterocycles. The molecule has 3 aromatic rings. The summed E-state index contributed by atoms with van der Waals surface area (Å²) >= 11 is 0. The minimum Gasteiger partial charge on any atom is -0.392 e. The summed E-state index contributed by atoms with van der Waals surface area (Å²) in [6.07, 6.45) is 3.37. The fourth-order valence-corrected chi connectivity index (χ4v) is 3.66. The molecule has 0 bridgehead atoms. The SMILES string of the molecule is C[C@@H]1CN(c2c(CO)cc3c(-c4nccn4C)noc3c2F)C[C@H](C)O1. The van der Waals surface area contributed by atoms with E-state index >= 15 is 4.39 Å². The molecule has 1 aliphatic heterocycles. The van der Waals surface area contributed by atoms with Gasteiger partial charge in [0.15, 0.2) is 17.3 Å². The van der Waals surface area contributed by atoms with Crippen molar-refractivity contribution in [1.29, 1.82) is 0 Å². The molecule has 3 heterocycles. The fraction of sp³-hybridized carbons (Fsp3) is 0.444. The maximum absolute atomic E-state index is 15.4. The van der Waals surface area contributed by atoms with Gasteiger partial charge in [-0.15, -0.1) is 0 Å². The molecular weight excluding hydrogens is 339 g/mol. The molecule has 26 heavy (non-hydrogen) atoms.